The summed E-state index contributed by atoms with van der Waals surface area (Å²) < 4.78 is 0. The molecule has 2 heteroatoms. The molecule has 0 spiro atoms. The monoisotopic (exact) mass is 213 g/mol. The Hall–Kier alpha value is 0.310. The van der Waals surface area contributed by atoms with Crippen LogP contribution in [-0.4, -0.2) is 29.3 Å². The van der Waals surface area contributed by atoms with E-state index < -0.39 is 0 Å². The van der Waals surface area contributed by atoms with Gasteiger partial charge in [-0.15, -0.1) is 0 Å². The van der Waals surface area contributed by atoms with Gasteiger partial charge in [0.2, 0.25) is 0 Å². The molecular weight excluding hydrogens is 190 g/mol. The maximum absolute atomic E-state index is 4.77. The molecule has 0 N–H and O–H groups in total. The lowest BCUT2D eigenvalue weighted by Gasteiger charge is -2.45. The lowest BCUT2D eigenvalue weighted by Crippen LogP contribution is -2.50. The van der Waals surface area contributed by atoms with Crippen LogP contribution in [-0.2, 0) is 0 Å². The normalized spacial score (nSPS) is 36.0. The van der Waals surface area contributed by atoms with Crippen LogP contribution in [0.15, 0.2) is 0 Å². The molecule has 2 rings (SSSR count). The summed E-state index contributed by atoms with van der Waals surface area (Å²) in [7, 11) is 0. The second-order valence-corrected chi connectivity index (χ2v) is 6.01. The topological polar surface area (TPSA) is 3.24 Å². The number of hydrogen-bond acceptors (Lipinski definition) is 2. The van der Waals surface area contributed by atoms with Crippen LogP contribution in [0.2, 0.25) is 0 Å². The summed E-state index contributed by atoms with van der Waals surface area (Å²) in [5, 5.41) is 0.615. The van der Waals surface area contributed by atoms with Crippen LogP contribution in [0, 0.1) is 11.8 Å². The first kappa shape index (κ1) is 10.8. The van der Waals surface area contributed by atoms with E-state index in [0.29, 0.717) is 5.25 Å². The molecule has 1 nitrogen and oxygen atoms in total. The molecule has 2 atom stereocenters. The molecule has 0 aromatic carbocycles. The standard InChI is InChI=1S/C12H23NS/c1-9(2)11-6-7-13(8-12(11)14)10-4-3-5-10/h9-12,14H,3-8H2,1-2H3/t11?,12-/m1/s1. The molecule has 14 heavy (non-hydrogen) atoms. The quantitative estimate of drug-likeness (QED) is 0.690. The molecule has 0 aromatic heterocycles. The number of likely N-dealkylation sites (tertiary alicyclic amines) is 1. The van der Waals surface area contributed by atoms with E-state index in [-0.39, 0.29) is 0 Å². The third-order valence-corrected chi connectivity index (χ3v) is 4.66. The van der Waals surface area contributed by atoms with Gasteiger partial charge in [-0.1, -0.05) is 20.3 Å². The SMILES string of the molecule is CC(C)C1CCN(C2CCC2)C[C@H]1S. The Kier molecular flexibility index (Phi) is 3.43. The van der Waals surface area contributed by atoms with Crippen molar-refractivity contribution in [2.45, 2.75) is 50.8 Å². The summed E-state index contributed by atoms with van der Waals surface area (Å²) in [5.41, 5.74) is 0. The molecular formula is C12H23NS. The summed E-state index contributed by atoms with van der Waals surface area (Å²) in [4.78, 5) is 2.68. The first-order valence-electron chi connectivity index (χ1n) is 6.10. The Labute approximate surface area is 93.7 Å². The van der Waals surface area contributed by atoms with Gasteiger partial charge in [-0.05, 0) is 37.6 Å². The van der Waals surface area contributed by atoms with Crippen molar-refractivity contribution in [3.63, 3.8) is 0 Å². The van der Waals surface area contributed by atoms with E-state index in [0.717, 1.165) is 17.9 Å². The molecule has 1 unspecified atom stereocenters. The van der Waals surface area contributed by atoms with Gasteiger partial charge in [0, 0.05) is 17.8 Å². The number of rotatable bonds is 2. The third kappa shape index (κ3) is 2.11. The zero-order valence-corrected chi connectivity index (χ0v) is 10.3. The van der Waals surface area contributed by atoms with E-state index in [2.05, 4.69) is 18.7 Å². The fourth-order valence-corrected chi connectivity index (χ4v) is 3.54. The maximum Gasteiger partial charge on any atom is 0.0176 e. The fraction of sp³-hybridized carbons (Fsp3) is 1.00. The number of thiol groups is 1. The van der Waals surface area contributed by atoms with Crippen LogP contribution in [0.4, 0.5) is 0 Å². The molecule has 1 saturated carbocycles. The summed E-state index contributed by atoms with van der Waals surface area (Å²) in [6.07, 6.45) is 5.69. The Bertz CT molecular complexity index is 189. The van der Waals surface area contributed by atoms with E-state index in [1.165, 1.54) is 38.8 Å². The first-order chi connectivity index (χ1) is 6.68. The van der Waals surface area contributed by atoms with Crippen molar-refractivity contribution in [2.75, 3.05) is 13.1 Å². The summed E-state index contributed by atoms with van der Waals surface area (Å²) in [5.74, 6) is 1.65. The predicted octanol–water partition coefficient (Wildman–Crippen LogP) is 2.82. The lowest BCUT2D eigenvalue weighted by molar-refractivity contribution is 0.0786. The van der Waals surface area contributed by atoms with Crippen LogP contribution in [0.1, 0.15) is 39.5 Å². The second-order valence-electron chi connectivity index (χ2n) is 5.34. The highest BCUT2D eigenvalue weighted by molar-refractivity contribution is 7.81. The predicted molar refractivity (Wildman–Crippen MR) is 64.9 cm³/mol. The van der Waals surface area contributed by atoms with E-state index in [9.17, 15) is 0 Å². The highest BCUT2D eigenvalue weighted by Crippen LogP contribution is 2.33. The van der Waals surface area contributed by atoms with Gasteiger partial charge in [-0.3, -0.25) is 4.90 Å². The van der Waals surface area contributed by atoms with Crippen molar-refractivity contribution in [1.82, 2.24) is 4.90 Å². The summed E-state index contributed by atoms with van der Waals surface area (Å²) in [6, 6.07) is 0.915. The number of piperidine rings is 1. The Balaban J connectivity index is 1.85. The maximum atomic E-state index is 4.77. The van der Waals surface area contributed by atoms with Gasteiger partial charge in [0.15, 0.2) is 0 Å². The largest absolute Gasteiger partial charge is 0.299 e. The molecule has 1 aliphatic carbocycles. The molecule has 1 heterocycles. The van der Waals surface area contributed by atoms with Gasteiger partial charge in [0.05, 0.1) is 0 Å². The molecule has 2 fully saturated rings. The van der Waals surface area contributed by atoms with Gasteiger partial charge >= 0.3 is 0 Å². The van der Waals surface area contributed by atoms with Crippen molar-refractivity contribution in [1.29, 1.82) is 0 Å². The average molecular weight is 213 g/mol. The van der Waals surface area contributed by atoms with Crippen molar-refractivity contribution in [3.05, 3.63) is 0 Å². The van der Waals surface area contributed by atoms with Gasteiger partial charge in [-0.2, -0.15) is 12.6 Å². The van der Waals surface area contributed by atoms with E-state index in [1.807, 2.05) is 0 Å². The van der Waals surface area contributed by atoms with Gasteiger partial charge in [-0.25, -0.2) is 0 Å². The van der Waals surface area contributed by atoms with Crippen molar-refractivity contribution < 1.29 is 0 Å². The van der Waals surface area contributed by atoms with Crippen LogP contribution < -0.4 is 0 Å². The molecule has 1 saturated heterocycles. The van der Waals surface area contributed by atoms with Crippen LogP contribution in [0.25, 0.3) is 0 Å². The van der Waals surface area contributed by atoms with E-state index >= 15 is 0 Å². The van der Waals surface area contributed by atoms with E-state index in [1.54, 1.807) is 0 Å². The molecule has 82 valence electrons. The van der Waals surface area contributed by atoms with Crippen molar-refractivity contribution in [2.24, 2.45) is 11.8 Å². The third-order valence-electron chi connectivity index (χ3n) is 4.11. The number of nitrogens with zero attached hydrogens (tertiary/aromatic N) is 1. The Morgan fingerprint density at radius 2 is 1.93 bits per heavy atom. The van der Waals surface area contributed by atoms with Gasteiger partial charge < -0.3 is 0 Å². The molecule has 0 aromatic rings. The molecule has 2 aliphatic rings. The summed E-state index contributed by atoms with van der Waals surface area (Å²) in [6.45, 7) is 7.24. The van der Waals surface area contributed by atoms with E-state index in [4.69, 9.17) is 12.6 Å². The lowest BCUT2D eigenvalue weighted by atomic mass is 9.83. The first-order valence-corrected chi connectivity index (χ1v) is 6.62. The highest BCUT2D eigenvalue weighted by Gasteiger charge is 2.33. The highest BCUT2D eigenvalue weighted by atomic mass is 32.1. The van der Waals surface area contributed by atoms with Crippen molar-refractivity contribution in [3.8, 4) is 0 Å². The van der Waals surface area contributed by atoms with Gasteiger partial charge in [0.25, 0.3) is 0 Å². The van der Waals surface area contributed by atoms with Crippen LogP contribution >= 0.6 is 12.6 Å². The number of hydrogen-bond donors (Lipinski definition) is 1. The summed E-state index contributed by atoms with van der Waals surface area (Å²) >= 11 is 4.77. The minimum absolute atomic E-state index is 0.615. The molecule has 0 amide bonds. The smallest absolute Gasteiger partial charge is 0.0176 e. The Morgan fingerprint density at radius 1 is 1.21 bits per heavy atom. The average Bonchev–Trinajstić information content (AvgIpc) is 2.00. The fourth-order valence-electron chi connectivity index (χ4n) is 2.84. The minimum atomic E-state index is 0.615. The molecule has 0 bridgehead atoms. The van der Waals surface area contributed by atoms with Crippen LogP contribution in [0.3, 0.4) is 0 Å². The van der Waals surface area contributed by atoms with Crippen LogP contribution in [0.5, 0.6) is 0 Å². The Morgan fingerprint density at radius 3 is 2.36 bits per heavy atom. The molecule has 1 aliphatic heterocycles. The van der Waals surface area contributed by atoms with Crippen molar-refractivity contribution >= 4 is 12.6 Å². The molecule has 0 radical (unpaired) electrons. The van der Waals surface area contributed by atoms with Gasteiger partial charge in [0.1, 0.15) is 0 Å². The minimum Gasteiger partial charge on any atom is -0.299 e. The zero-order chi connectivity index (χ0) is 10.1. The zero-order valence-electron chi connectivity index (χ0n) is 9.45. The second kappa shape index (κ2) is 4.44.